The SMILES string of the molecule is Cn1c(N)nc2ccc([SH](C)C)cc21. The number of aromatic nitrogens is 2. The number of nitrogen functional groups attached to an aromatic ring is 1. The summed E-state index contributed by atoms with van der Waals surface area (Å²) >= 11 is 0. The molecule has 3 nitrogen and oxygen atoms in total. The third-order valence-electron chi connectivity index (χ3n) is 2.42. The van der Waals surface area contributed by atoms with Crippen LogP contribution in [0.4, 0.5) is 5.95 Å². The largest absolute Gasteiger partial charge is 0.369 e. The smallest absolute Gasteiger partial charge is 0.200 e. The van der Waals surface area contributed by atoms with Crippen molar-refractivity contribution < 1.29 is 0 Å². The normalized spacial score (nSPS) is 12.1. The van der Waals surface area contributed by atoms with E-state index in [1.165, 1.54) is 4.90 Å². The molecule has 0 aliphatic heterocycles. The summed E-state index contributed by atoms with van der Waals surface area (Å²) < 4.78 is 1.93. The average Bonchev–Trinajstić information content (AvgIpc) is 2.43. The standard InChI is InChI=1S/C10H15N3S/c1-13-9-6-7(14(2)3)4-5-8(9)12-10(13)11/h4-6,14H,1-3H3,(H2,11,12). The molecule has 0 spiro atoms. The van der Waals surface area contributed by atoms with Crippen LogP contribution in [0.1, 0.15) is 0 Å². The predicted octanol–water partition coefficient (Wildman–Crippen LogP) is 1.78. The molecule has 0 radical (unpaired) electrons. The maximum atomic E-state index is 5.74. The summed E-state index contributed by atoms with van der Waals surface area (Å²) in [5.41, 5.74) is 7.83. The lowest BCUT2D eigenvalue weighted by molar-refractivity contribution is 0.964. The Bertz CT molecular complexity index is 473. The minimum absolute atomic E-state index is 0.0538. The molecule has 0 saturated carbocycles. The number of benzene rings is 1. The summed E-state index contributed by atoms with van der Waals surface area (Å²) in [5, 5.41) is 0. The summed E-state index contributed by atoms with van der Waals surface area (Å²) in [7, 11) is 1.89. The Morgan fingerprint density at radius 3 is 2.71 bits per heavy atom. The third-order valence-corrected chi connectivity index (χ3v) is 3.73. The number of hydrogen-bond donors (Lipinski definition) is 2. The van der Waals surface area contributed by atoms with Crippen molar-refractivity contribution in [2.45, 2.75) is 4.90 Å². The summed E-state index contributed by atoms with van der Waals surface area (Å²) in [4.78, 5) is 5.65. The molecule has 0 atom stereocenters. The molecular weight excluding hydrogens is 194 g/mol. The van der Waals surface area contributed by atoms with Gasteiger partial charge in [-0.3, -0.25) is 0 Å². The first-order valence-corrected chi connectivity index (χ1v) is 6.72. The number of nitrogens with zero attached hydrogens (tertiary/aromatic N) is 2. The van der Waals surface area contributed by atoms with Gasteiger partial charge in [0.2, 0.25) is 5.95 Å². The van der Waals surface area contributed by atoms with Crippen molar-refractivity contribution in [1.29, 1.82) is 0 Å². The van der Waals surface area contributed by atoms with Gasteiger partial charge < -0.3 is 10.3 Å². The van der Waals surface area contributed by atoms with E-state index in [-0.39, 0.29) is 10.9 Å². The van der Waals surface area contributed by atoms with Crippen LogP contribution in [0.5, 0.6) is 0 Å². The van der Waals surface area contributed by atoms with Gasteiger partial charge >= 0.3 is 0 Å². The Labute approximate surface area is 86.3 Å². The topological polar surface area (TPSA) is 43.8 Å². The van der Waals surface area contributed by atoms with Crippen LogP contribution in [0.15, 0.2) is 23.1 Å². The lowest BCUT2D eigenvalue weighted by Crippen LogP contribution is -1.96. The van der Waals surface area contributed by atoms with Crippen LogP contribution in [0.25, 0.3) is 11.0 Å². The van der Waals surface area contributed by atoms with Crippen LogP contribution < -0.4 is 5.73 Å². The molecule has 14 heavy (non-hydrogen) atoms. The van der Waals surface area contributed by atoms with Gasteiger partial charge in [-0.05, 0) is 35.6 Å². The van der Waals surface area contributed by atoms with E-state index in [4.69, 9.17) is 5.73 Å². The molecule has 2 rings (SSSR count). The van der Waals surface area contributed by atoms with E-state index in [2.05, 4.69) is 29.6 Å². The van der Waals surface area contributed by atoms with Crippen LogP contribution in [0.2, 0.25) is 0 Å². The molecule has 0 amide bonds. The molecule has 4 heteroatoms. The van der Waals surface area contributed by atoms with Crippen LogP contribution in [-0.2, 0) is 7.05 Å². The zero-order valence-corrected chi connectivity index (χ0v) is 9.55. The van der Waals surface area contributed by atoms with Gasteiger partial charge in [0.1, 0.15) is 0 Å². The summed E-state index contributed by atoms with van der Waals surface area (Å²) in [5.74, 6) is 0.577. The molecule has 0 aliphatic carbocycles. The number of nitrogens with two attached hydrogens (primary N) is 1. The first kappa shape index (κ1) is 9.40. The molecule has 1 heterocycles. The Balaban J connectivity index is 2.69. The number of aryl methyl sites for hydroxylation is 1. The highest BCUT2D eigenvalue weighted by molar-refractivity contribution is 8.15. The van der Waals surface area contributed by atoms with E-state index in [9.17, 15) is 0 Å². The fourth-order valence-corrected chi connectivity index (χ4v) is 2.23. The summed E-state index contributed by atoms with van der Waals surface area (Å²) in [6, 6.07) is 6.37. The minimum atomic E-state index is -0.0538. The number of hydrogen-bond acceptors (Lipinski definition) is 2. The zero-order chi connectivity index (χ0) is 10.3. The molecule has 2 aromatic rings. The number of anilines is 1. The molecule has 2 N–H and O–H groups in total. The Morgan fingerprint density at radius 1 is 1.36 bits per heavy atom. The average molecular weight is 209 g/mol. The van der Waals surface area contributed by atoms with Crippen molar-refractivity contribution in [1.82, 2.24) is 9.55 Å². The Hall–Kier alpha value is -1.16. The zero-order valence-electron chi connectivity index (χ0n) is 8.65. The summed E-state index contributed by atoms with van der Waals surface area (Å²) in [6.45, 7) is 0. The fraction of sp³-hybridized carbons (Fsp3) is 0.300. The minimum Gasteiger partial charge on any atom is -0.369 e. The van der Waals surface area contributed by atoms with Crippen LogP contribution in [0.3, 0.4) is 0 Å². The molecule has 0 saturated heterocycles. The van der Waals surface area contributed by atoms with Gasteiger partial charge in [0, 0.05) is 7.05 Å². The third kappa shape index (κ3) is 1.35. The van der Waals surface area contributed by atoms with E-state index in [0.29, 0.717) is 5.95 Å². The van der Waals surface area contributed by atoms with E-state index in [1.807, 2.05) is 17.7 Å². The Kier molecular flexibility index (Phi) is 2.15. The first-order chi connectivity index (χ1) is 6.59. The number of imidazole rings is 1. The highest BCUT2D eigenvalue weighted by Crippen LogP contribution is 2.30. The van der Waals surface area contributed by atoms with E-state index in [1.54, 1.807) is 0 Å². The molecular formula is C10H15N3S. The second-order valence-corrected chi connectivity index (χ2v) is 5.90. The maximum Gasteiger partial charge on any atom is 0.200 e. The van der Waals surface area contributed by atoms with Crippen molar-refractivity contribution in [2.24, 2.45) is 7.05 Å². The molecule has 0 fully saturated rings. The maximum absolute atomic E-state index is 5.74. The van der Waals surface area contributed by atoms with Crippen LogP contribution >= 0.6 is 10.9 Å². The van der Waals surface area contributed by atoms with Gasteiger partial charge in [-0.25, -0.2) is 15.9 Å². The fourth-order valence-electron chi connectivity index (χ4n) is 1.48. The van der Waals surface area contributed by atoms with Gasteiger partial charge in [0.15, 0.2) is 0 Å². The van der Waals surface area contributed by atoms with Crippen LogP contribution in [-0.4, -0.2) is 22.1 Å². The molecule has 1 aromatic carbocycles. The lowest BCUT2D eigenvalue weighted by Gasteiger charge is -2.09. The van der Waals surface area contributed by atoms with Crippen molar-refractivity contribution >= 4 is 27.9 Å². The highest BCUT2D eigenvalue weighted by atomic mass is 32.2. The molecule has 0 bridgehead atoms. The Morgan fingerprint density at radius 2 is 2.07 bits per heavy atom. The number of thiol groups is 1. The van der Waals surface area contributed by atoms with Gasteiger partial charge in [-0.1, -0.05) is 0 Å². The second-order valence-electron chi connectivity index (χ2n) is 3.60. The van der Waals surface area contributed by atoms with Gasteiger partial charge in [-0.15, -0.1) is 0 Å². The second kappa shape index (κ2) is 3.20. The quantitative estimate of drug-likeness (QED) is 0.703. The van der Waals surface area contributed by atoms with Gasteiger partial charge in [-0.2, -0.15) is 0 Å². The molecule has 1 aromatic heterocycles. The van der Waals surface area contributed by atoms with Crippen molar-refractivity contribution in [2.75, 3.05) is 18.2 Å². The van der Waals surface area contributed by atoms with Gasteiger partial charge in [0.05, 0.1) is 11.0 Å². The predicted molar refractivity (Wildman–Crippen MR) is 64.2 cm³/mol. The number of rotatable bonds is 1. The van der Waals surface area contributed by atoms with Crippen molar-refractivity contribution in [3.05, 3.63) is 18.2 Å². The monoisotopic (exact) mass is 209 g/mol. The molecule has 76 valence electrons. The molecule has 0 unspecified atom stereocenters. The van der Waals surface area contributed by atoms with Crippen LogP contribution in [0, 0.1) is 0 Å². The van der Waals surface area contributed by atoms with Crippen molar-refractivity contribution in [3.63, 3.8) is 0 Å². The highest BCUT2D eigenvalue weighted by Gasteiger charge is 2.05. The van der Waals surface area contributed by atoms with E-state index < -0.39 is 0 Å². The molecule has 0 aliphatic rings. The van der Waals surface area contributed by atoms with E-state index >= 15 is 0 Å². The van der Waals surface area contributed by atoms with E-state index in [0.717, 1.165) is 11.0 Å². The lowest BCUT2D eigenvalue weighted by atomic mass is 10.3. The summed E-state index contributed by atoms with van der Waals surface area (Å²) in [6.07, 6.45) is 4.49. The van der Waals surface area contributed by atoms with Gasteiger partial charge in [0.25, 0.3) is 0 Å². The van der Waals surface area contributed by atoms with Crippen molar-refractivity contribution in [3.8, 4) is 0 Å². The first-order valence-electron chi connectivity index (χ1n) is 4.49. The number of fused-ring (bicyclic) bond motifs is 1.